The van der Waals surface area contributed by atoms with Crippen molar-refractivity contribution in [3.63, 3.8) is 0 Å². The van der Waals surface area contributed by atoms with E-state index in [0.29, 0.717) is 13.2 Å². The van der Waals surface area contributed by atoms with Crippen molar-refractivity contribution in [1.82, 2.24) is 5.32 Å². The molecule has 120 valence electrons. The fourth-order valence-corrected chi connectivity index (χ4v) is 2.46. The Morgan fingerprint density at radius 1 is 1.24 bits per heavy atom. The summed E-state index contributed by atoms with van der Waals surface area (Å²) in [6.45, 7) is 5.85. The Morgan fingerprint density at radius 3 is 2.71 bits per heavy atom. The Kier molecular flexibility index (Phi) is 9.68. The third kappa shape index (κ3) is 7.82. The fraction of sp³-hybridized carbons (Fsp3) is 0.647. The fourth-order valence-electron chi connectivity index (χ4n) is 2.16. The number of nitrogens with one attached hydrogen (secondary N) is 1. The summed E-state index contributed by atoms with van der Waals surface area (Å²) in [5, 5.41) is 13.9. The van der Waals surface area contributed by atoms with Gasteiger partial charge in [0.15, 0.2) is 0 Å². The molecule has 0 spiro atoms. The third-order valence-corrected chi connectivity index (χ3v) is 3.83. The van der Waals surface area contributed by atoms with Crippen LogP contribution in [-0.4, -0.2) is 31.0 Å². The van der Waals surface area contributed by atoms with Gasteiger partial charge >= 0.3 is 0 Å². The first kappa shape index (κ1) is 18.4. The quantitative estimate of drug-likeness (QED) is 0.608. The molecular formula is C17H28ClNO2. The van der Waals surface area contributed by atoms with Crippen LogP contribution in [0.2, 0.25) is 5.02 Å². The molecule has 0 amide bonds. The highest BCUT2D eigenvalue weighted by Crippen LogP contribution is 2.21. The number of rotatable bonds is 11. The van der Waals surface area contributed by atoms with E-state index in [0.717, 1.165) is 23.6 Å². The highest BCUT2D eigenvalue weighted by Gasteiger charge is 2.11. The Labute approximate surface area is 133 Å². The van der Waals surface area contributed by atoms with Crippen molar-refractivity contribution < 1.29 is 9.84 Å². The summed E-state index contributed by atoms with van der Waals surface area (Å²) in [5.74, 6) is 0. The van der Waals surface area contributed by atoms with Gasteiger partial charge in [0, 0.05) is 24.2 Å². The molecule has 0 saturated heterocycles. The van der Waals surface area contributed by atoms with Gasteiger partial charge in [0.25, 0.3) is 0 Å². The first-order valence-corrected chi connectivity index (χ1v) is 8.26. The van der Waals surface area contributed by atoms with Crippen molar-refractivity contribution in [2.24, 2.45) is 0 Å². The highest BCUT2D eigenvalue weighted by atomic mass is 35.5. The molecule has 0 radical (unpaired) electrons. The largest absolute Gasteiger partial charge is 0.389 e. The Bertz CT molecular complexity index is 387. The van der Waals surface area contributed by atoms with Gasteiger partial charge in [-0.25, -0.2) is 0 Å². The van der Waals surface area contributed by atoms with Crippen molar-refractivity contribution in [2.45, 2.75) is 51.7 Å². The van der Waals surface area contributed by atoms with E-state index in [9.17, 15) is 5.11 Å². The van der Waals surface area contributed by atoms with Crippen molar-refractivity contribution >= 4 is 11.6 Å². The molecule has 0 bridgehead atoms. The average molecular weight is 314 g/mol. The number of hydrogen-bond acceptors (Lipinski definition) is 3. The van der Waals surface area contributed by atoms with E-state index in [4.69, 9.17) is 16.3 Å². The van der Waals surface area contributed by atoms with Gasteiger partial charge in [-0.05, 0) is 25.0 Å². The number of unbranched alkanes of at least 4 members (excludes halogenated alkanes) is 3. The Morgan fingerprint density at radius 2 is 2.00 bits per heavy atom. The molecule has 21 heavy (non-hydrogen) atoms. The van der Waals surface area contributed by atoms with Gasteiger partial charge < -0.3 is 15.2 Å². The Balaban J connectivity index is 2.15. The number of ether oxygens (including phenoxy) is 1. The molecule has 2 atom stereocenters. The maximum absolute atomic E-state index is 9.90. The highest BCUT2D eigenvalue weighted by molar-refractivity contribution is 6.31. The van der Waals surface area contributed by atoms with Crippen LogP contribution < -0.4 is 5.32 Å². The molecule has 1 rings (SSSR count). The molecule has 1 aromatic rings. The lowest BCUT2D eigenvalue weighted by atomic mass is 10.1. The van der Waals surface area contributed by atoms with Crippen LogP contribution in [0.15, 0.2) is 24.3 Å². The van der Waals surface area contributed by atoms with E-state index in [1.807, 2.05) is 31.2 Å². The summed E-state index contributed by atoms with van der Waals surface area (Å²) in [5.41, 5.74) is 1.05. The standard InChI is InChI=1S/C17H28ClNO2/c1-3-4-5-8-11-21-13-15(20)12-19-14(2)16-9-6-7-10-17(16)18/h6-7,9-10,14-15,19-20H,3-5,8,11-13H2,1-2H3/t14-,15?/m0/s1. The number of halogens is 1. The predicted octanol–water partition coefficient (Wildman–Crippen LogP) is 3.95. The third-order valence-electron chi connectivity index (χ3n) is 3.48. The van der Waals surface area contributed by atoms with E-state index in [1.54, 1.807) is 0 Å². The van der Waals surface area contributed by atoms with Gasteiger partial charge in [0.2, 0.25) is 0 Å². The summed E-state index contributed by atoms with van der Waals surface area (Å²) in [6, 6.07) is 7.87. The summed E-state index contributed by atoms with van der Waals surface area (Å²) < 4.78 is 5.49. The summed E-state index contributed by atoms with van der Waals surface area (Å²) in [6.07, 6.45) is 4.27. The minimum Gasteiger partial charge on any atom is -0.389 e. The van der Waals surface area contributed by atoms with Crippen LogP contribution in [0.1, 0.15) is 51.1 Å². The molecule has 3 nitrogen and oxygen atoms in total. The zero-order valence-electron chi connectivity index (χ0n) is 13.1. The number of hydrogen-bond donors (Lipinski definition) is 2. The molecule has 0 aliphatic heterocycles. The number of aliphatic hydroxyl groups excluding tert-OH is 1. The lowest BCUT2D eigenvalue weighted by Gasteiger charge is -2.18. The topological polar surface area (TPSA) is 41.5 Å². The summed E-state index contributed by atoms with van der Waals surface area (Å²) >= 11 is 6.15. The summed E-state index contributed by atoms with van der Waals surface area (Å²) in [4.78, 5) is 0. The zero-order chi connectivity index (χ0) is 15.5. The molecule has 0 heterocycles. The molecule has 1 aromatic carbocycles. The lowest BCUT2D eigenvalue weighted by molar-refractivity contribution is 0.0343. The van der Waals surface area contributed by atoms with Crippen LogP contribution in [0.25, 0.3) is 0 Å². The van der Waals surface area contributed by atoms with Crippen LogP contribution >= 0.6 is 11.6 Å². The maximum Gasteiger partial charge on any atom is 0.0897 e. The first-order chi connectivity index (χ1) is 10.1. The van der Waals surface area contributed by atoms with Crippen molar-refractivity contribution in [3.8, 4) is 0 Å². The molecule has 2 N–H and O–H groups in total. The molecule has 0 aliphatic carbocycles. The van der Waals surface area contributed by atoms with Crippen LogP contribution in [0.3, 0.4) is 0 Å². The lowest BCUT2D eigenvalue weighted by Crippen LogP contribution is -2.32. The molecular weight excluding hydrogens is 286 g/mol. The second-order valence-corrected chi connectivity index (χ2v) is 5.85. The Hall–Kier alpha value is -0.610. The van der Waals surface area contributed by atoms with Gasteiger partial charge in [-0.15, -0.1) is 0 Å². The van der Waals surface area contributed by atoms with Gasteiger partial charge in [-0.3, -0.25) is 0 Å². The molecule has 0 aromatic heterocycles. The van der Waals surface area contributed by atoms with Gasteiger partial charge in [0.05, 0.1) is 12.7 Å². The smallest absolute Gasteiger partial charge is 0.0897 e. The maximum atomic E-state index is 9.90. The molecule has 0 aliphatic rings. The molecule has 0 saturated carbocycles. The normalized spacial score (nSPS) is 14.1. The molecule has 1 unspecified atom stereocenters. The minimum absolute atomic E-state index is 0.109. The van der Waals surface area contributed by atoms with E-state index < -0.39 is 6.10 Å². The first-order valence-electron chi connectivity index (χ1n) is 7.88. The van der Waals surface area contributed by atoms with Crippen molar-refractivity contribution in [2.75, 3.05) is 19.8 Å². The monoisotopic (exact) mass is 313 g/mol. The minimum atomic E-state index is -0.485. The second-order valence-electron chi connectivity index (χ2n) is 5.44. The average Bonchev–Trinajstić information content (AvgIpc) is 2.49. The van der Waals surface area contributed by atoms with Crippen molar-refractivity contribution in [3.05, 3.63) is 34.9 Å². The summed E-state index contributed by atoms with van der Waals surface area (Å²) in [7, 11) is 0. The van der Waals surface area contributed by atoms with E-state index in [1.165, 1.54) is 19.3 Å². The van der Waals surface area contributed by atoms with E-state index in [2.05, 4.69) is 12.2 Å². The predicted molar refractivity (Wildman–Crippen MR) is 88.8 cm³/mol. The van der Waals surface area contributed by atoms with Crippen LogP contribution in [0.5, 0.6) is 0 Å². The van der Waals surface area contributed by atoms with Gasteiger partial charge in [0.1, 0.15) is 0 Å². The molecule has 0 fully saturated rings. The SMILES string of the molecule is CCCCCCOCC(O)CN[C@@H](C)c1ccccc1Cl. The van der Waals surface area contributed by atoms with E-state index in [-0.39, 0.29) is 6.04 Å². The number of aliphatic hydroxyl groups is 1. The van der Waals surface area contributed by atoms with Crippen LogP contribution in [-0.2, 0) is 4.74 Å². The van der Waals surface area contributed by atoms with Gasteiger partial charge in [-0.2, -0.15) is 0 Å². The molecule has 4 heteroatoms. The second kappa shape index (κ2) is 11.0. The van der Waals surface area contributed by atoms with Gasteiger partial charge in [-0.1, -0.05) is 56.0 Å². The number of benzene rings is 1. The zero-order valence-corrected chi connectivity index (χ0v) is 13.9. The van der Waals surface area contributed by atoms with Crippen LogP contribution in [0, 0.1) is 0 Å². The van der Waals surface area contributed by atoms with Crippen LogP contribution in [0.4, 0.5) is 0 Å². The van der Waals surface area contributed by atoms with Crippen molar-refractivity contribution in [1.29, 1.82) is 0 Å². The van der Waals surface area contributed by atoms with E-state index >= 15 is 0 Å².